The minimum absolute atomic E-state index is 0.180. The normalized spacial score (nSPS) is 9.90. The molecule has 0 aliphatic heterocycles. The third kappa shape index (κ3) is 1.38. The molecule has 0 fully saturated rings. The lowest BCUT2D eigenvalue weighted by Gasteiger charge is -1.97. The van der Waals surface area contributed by atoms with Crippen LogP contribution in [-0.2, 0) is 0 Å². The van der Waals surface area contributed by atoms with Gasteiger partial charge in [0.15, 0.2) is 11.0 Å². The van der Waals surface area contributed by atoms with Crippen molar-refractivity contribution in [2.75, 3.05) is 5.73 Å². The van der Waals surface area contributed by atoms with Gasteiger partial charge in [0.05, 0.1) is 5.69 Å². The number of nitrogens with two attached hydrogens (primary N) is 1. The third-order valence-corrected chi connectivity index (χ3v) is 1.81. The summed E-state index contributed by atoms with van der Waals surface area (Å²) in [5.74, 6) is -0.609. The standard InChI is InChI=1S/C5H3BrClFN2/c6-4-3(9)1-2(8)5(7)10-4/h1H,9H2. The van der Waals surface area contributed by atoms with E-state index >= 15 is 0 Å². The van der Waals surface area contributed by atoms with E-state index in [4.69, 9.17) is 17.3 Å². The largest absolute Gasteiger partial charge is 0.396 e. The summed E-state index contributed by atoms with van der Waals surface area (Å²) in [6.45, 7) is 0. The molecule has 0 bridgehead atoms. The number of anilines is 1. The zero-order valence-corrected chi connectivity index (χ0v) is 7.08. The Bertz CT molecular complexity index is 216. The summed E-state index contributed by atoms with van der Waals surface area (Å²) < 4.78 is 12.8. The molecule has 0 spiro atoms. The first kappa shape index (κ1) is 7.75. The molecule has 54 valence electrons. The van der Waals surface area contributed by atoms with Crippen molar-refractivity contribution in [3.63, 3.8) is 0 Å². The Morgan fingerprint density at radius 1 is 1.70 bits per heavy atom. The van der Waals surface area contributed by atoms with Crippen LogP contribution in [0.3, 0.4) is 0 Å². The van der Waals surface area contributed by atoms with Gasteiger partial charge < -0.3 is 5.73 Å². The van der Waals surface area contributed by atoms with E-state index in [9.17, 15) is 4.39 Å². The van der Waals surface area contributed by atoms with Crippen LogP contribution in [0.1, 0.15) is 0 Å². The Kier molecular flexibility index (Phi) is 2.11. The summed E-state index contributed by atoms with van der Waals surface area (Å²) in [5.41, 5.74) is 5.52. The van der Waals surface area contributed by atoms with Gasteiger partial charge in [-0.15, -0.1) is 0 Å². The van der Waals surface area contributed by atoms with Gasteiger partial charge in [-0.2, -0.15) is 0 Å². The van der Waals surface area contributed by atoms with Crippen molar-refractivity contribution in [3.05, 3.63) is 21.6 Å². The molecule has 0 saturated carbocycles. The van der Waals surface area contributed by atoms with Gasteiger partial charge in [-0.05, 0) is 15.9 Å². The Morgan fingerprint density at radius 2 is 2.30 bits per heavy atom. The first-order chi connectivity index (χ1) is 4.61. The molecule has 5 heteroatoms. The number of halogens is 3. The maximum Gasteiger partial charge on any atom is 0.166 e. The fraction of sp³-hybridized carbons (Fsp3) is 0. The molecule has 1 rings (SSSR count). The Hall–Kier alpha value is -0.350. The number of nitrogen functional groups attached to an aromatic ring is 1. The van der Waals surface area contributed by atoms with Crippen LogP contribution in [0.15, 0.2) is 10.7 Å². The second kappa shape index (κ2) is 2.72. The second-order valence-electron chi connectivity index (χ2n) is 1.64. The van der Waals surface area contributed by atoms with Crippen molar-refractivity contribution in [1.82, 2.24) is 4.98 Å². The lowest BCUT2D eigenvalue weighted by atomic mass is 10.4. The Morgan fingerprint density at radius 3 is 2.80 bits per heavy atom. The van der Waals surface area contributed by atoms with Crippen LogP contribution >= 0.6 is 27.5 Å². The number of pyridine rings is 1. The lowest BCUT2D eigenvalue weighted by molar-refractivity contribution is 0.622. The van der Waals surface area contributed by atoms with Gasteiger partial charge in [0, 0.05) is 6.07 Å². The summed E-state index contributed by atoms with van der Waals surface area (Å²) in [5, 5.41) is -0.180. The molecule has 1 heterocycles. The molecular formula is C5H3BrClFN2. The maximum atomic E-state index is 12.5. The highest BCUT2D eigenvalue weighted by Crippen LogP contribution is 2.21. The molecule has 2 nitrogen and oxygen atoms in total. The predicted molar refractivity (Wildman–Crippen MR) is 41.3 cm³/mol. The Balaban J connectivity index is 3.28. The SMILES string of the molecule is Nc1cc(F)c(Cl)nc1Br. The monoisotopic (exact) mass is 224 g/mol. The van der Waals surface area contributed by atoms with Gasteiger partial charge in [-0.3, -0.25) is 0 Å². The highest BCUT2D eigenvalue weighted by atomic mass is 79.9. The minimum Gasteiger partial charge on any atom is -0.396 e. The van der Waals surface area contributed by atoms with Gasteiger partial charge in [-0.1, -0.05) is 11.6 Å². The van der Waals surface area contributed by atoms with E-state index < -0.39 is 5.82 Å². The number of hydrogen-bond donors (Lipinski definition) is 1. The van der Waals surface area contributed by atoms with Crippen molar-refractivity contribution in [2.45, 2.75) is 0 Å². The third-order valence-electron chi connectivity index (χ3n) is 0.914. The van der Waals surface area contributed by atoms with Crippen LogP contribution in [0, 0.1) is 5.82 Å². The molecule has 2 N–H and O–H groups in total. The molecule has 0 aliphatic carbocycles. The van der Waals surface area contributed by atoms with E-state index in [1.165, 1.54) is 0 Å². The second-order valence-corrected chi connectivity index (χ2v) is 2.75. The van der Waals surface area contributed by atoms with Crippen LogP contribution in [0.5, 0.6) is 0 Å². The van der Waals surface area contributed by atoms with Crippen molar-refractivity contribution in [2.24, 2.45) is 0 Å². The first-order valence-electron chi connectivity index (χ1n) is 2.38. The van der Waals surface area contributed by atoms with E-state index in [1.54, 1.807) is 0 Å². The van der Waals surface area contributed by atoms with Gasteiger partial charge >= 0.3 is 0 Å². The van der Waals surface area contributed by atoms with Crippen molar-refractivity contribution in [3.8, 4) is 0 Å². The molecule has 0 aliphatic rings. The summed E-state index contributed by atoms with van der Waals surface area (Å²) in [6.07, 6.45) is 0. The van der Waals surface area contributed by atoms with Crippen LogP contribution in [-0.4, -0.2) is 4.98 Å². The summed E-state index contributed by atoms with van der Waals surface area (Å²) >= 11 is 8.31. The van der Waals surface area contributed by atoms with Crippen LogP contribution in [0.2, 0.25) is 5.15 Å². The van der Waals surface area contributed by atoms with Crippen molar-refractivity contribution < 1.29 is 4.39 Å². The van der Waals surface area contributed by atoms with E-state index in [1.807, 2.05) is 0 Å². The molecule has 1 aromatic rings. The molecule has 0 saturated heterocycles. The average Bonchev–Trinajstić information content (AvgIpc) is 1.84. The predicted octanol–water partition coefficient (Wildman–Crippen LogP) is 2.22. The van der Waals surface area contributed by atoms with E-state index in [-0.39, 0.29) is 10.8 Å². The van der Waals surface area contributed by atoms with Crippen molar-refractivity contribution in [1.29, 1.82) is 0 Å². The smallest absolute Gasteiger partial charge is 0.166 e. The molecular weight excluding hydrogens is 222 g/mol. The quantitative estimate of drug-likeness (QED) is 0.688. The van der Waals surface area contributed by atoms with Gasteiger partial charge in [0.1, 0.15) is 4.60 Å². The highest BCUT2D eigenvalue weighted by Gasteiger charge is 2.04. The molecule has 0 atom stereocenters. The molecule has 1 aromatic heterocycles. The summed E-state index contributed by atoms with van der Waals surface area (Å²) in [6, 6.07) is 1.11. The van der Waals surface area contributed by atoms with E-state index in [0.29, 0.717) is 4.60 Å². The average molecular weight is 225 g/mol. The molecule has 0 aromatic carbocycles. The maximum absolute atomic E-state index is 12.5. The number of aromatic nitrogens is 1. The lowest BCUT2D eigenvalue weighted by Crippen LogP contribution is -1.92. The van der Waals surface area contributed by atoms with Crippen LogP contribution < -0.4 is 5.73 Å². The molecule has 0 unspecified atom stereocenters. The fourth-order valence-corrected chi connectivity index (χ4v) is 0.993. The van der Waals surface area contributed by atoms with E-state index in [0.717, 1.165) is 6.07 Å². The first-order valence-corrected chi connectivity index (χ1v) is 3.55. The Labute approximate surface area is 70.3 Å². The van der Waals surface area contributed by atoms with Gasteiger partial charge in [0.25, 0.3) is 0 Å². The van der Waals surface area contributed by atoms with Crippen LogP contribution in [0.25, 0.3) is 0 Å². The molecule has 10 heavy (non-hydrogen) atoms. The topological polar surface area (TPSA) is 38.9 Å². The highest BCUT2D eigenvalue weighted by molar-refractivity contribution is 9.10. The molecule has 0 amide bonds. The van der Waals surface area contributed by atoms with Crippen molar-refractivity contribution >= 4 is 33.2 Å². The van der Waals surface area contributed by atoms with Gasteiger partial charge in [0.2, 0.25) is 0 Å². The summed E-state index contributed by atoms with van der Waals surface area (Å²) in [4.78, 5) is 3.55. The zero-order chi connectivity index (χ0) is 7.72. The molecule has 0 radical (unpaired) electrons. The number of nitrogens with zero attached hydrogens (tertiary/aromatic N) is 1. The fourth-order valence-electron chi connectivity index (χ4n) is 0.460. The minimum atomic E-state index is -0.609. The zero-order valence-electron chi connectivity index (χ0n) is 4.74. The number of hydrogen-bond acceptors (Lipinski definition) is 2. The number of rotatable bonds is 0. The van der Waals surface area contributed by atoms with Crippen LogP contribution in [0.4, 0.5) is 10.1 Å². The van der Waals surface area contributed by atoms with E-state index in [2.05, 4.69) is 20.9 Å². The van der Waals surface area contributed by atoms with Gasteiger partial charge in [-0.25, -0.2) is 9.37 Å². The summed E-state index contributed by atoms with van der Waals surface area (Å²) in [7, 11) is 0.